The molecule has 9 heteroatoms. The molecule has 0 unspecified atom stereocenters. The summed E-state index contributed by atoms with van der Waals surface area (Å²) in [5.41, 5.74) is 1.25. The molecule has 0 heterocycles. The van der Waals surface area contributed by atoms with Crippen molar-refractivity contribution in [1.82, 2.24) is 0 Å². The maximum absolute atomic E-state index is 12.7. The first-order chi connectivity index (χ1) is 13.8. The second-order valence-corrected chi connectivity index (χ2v) is 8.83. The first kappa shape index (κ1) is 20.4. The van der Waals surface area contributed by atoms with E-state index in [0.717, 1.165) is 17.3 Å². The van der Waals surface area contributed by atoms with Gasteiger partial charge in [-0.15, -0.1) is 0 Å². The fraction of sp³-hybridized carbons (Fsp3) is 0.0500. The molecule has 3 rings (SSSR count). The van der Waals surface area contributed by atoms with Gasteiger partial charge in [0.1, 0.15) is 6.07 Å². The molecule has 146 valence electrons. The summed E-state index contributed by atoms with van der Waals surface area (Å²) in [7, 11) is -3.80. The zero-order chi connectivity index (χ0) is 21.0. The van der Waals surface area contributed by atoms with Gasteiger partial charge in [-0.3, -0.25) is 14.8 Å². The molecule has 1 N–H and O–H groups in total. The number of nitrogens with zero attached hydrogens (tertiary/aromatic N) is 2. The number of sulfonamides is 1. The fourth-order valence-corrected chi connectivity index (χ4v) is 4.59. The van der Waals surface area contributed by atoms with Gasteiger partial charge in [-0.25, -0.2) is 8.42 Å². The van der Waals surface area contributed by atoms with Gasteiger partial charge in [-0.2, -0.15) is 5.26 Å². The average Bonchev–Trinajstić information content (AvgIpc) is 2.69. The lowest BCUT2D eigenvalue weighted by Crippen LogP contribution is -2.13. The zero-order valence-electron chi connectivity index (χ0n) is 15.2. The molecule has 0 aliphatic carbocycles. The largest absolute Gasteiger partial charge is 0.278 e. The van der Waals surface area contributed by atoms with Crippen molar-refractivity contribution in [2.45, 2.75) is 21.6 Å². The van der Waals surface area contributed by atoms with Crippen molar-refractivity contribution < 1.29 is 13.3 Å². The standard InChI is InChI=1S/C20H15N3O4S2/c1-14-6-9-17(10-7-14)29(26,27)22-18-4-2-3-5-20(18)28-19-11-8-16(23(24)25)12-15(19)13-21/h2-12,22H,1H3. The normalized spacial score (nSPS) is 10.9. The van der Waals surface area contributed by atoms with Crippen LogP contribution in [0, 0.1) is 28.4 Å². The molecule has 0 spiro atoms. The number of aryl methyl sites for hydroxylation is 1. The van der Waals surface area contributed by atoms with Gasteiger partial charge in [0.2, 0.25) is 0 Å². The van der Waals surface area contributed by atoms with E-state index >= 15 is 0 Å². The second kappa shape index (κ2) is 8.34. The first-order valence-electron chi connectivity index (χ1n) is 8.35. The van der Waals surface area contributed by atoms with Crippen LogP contribution in [-0.4, -0.2) is 13.3 Å². The van der Waals surface area contributed by atoms with Gasteiger partial charge in [0.15, 0.2) is 0 Å². The van der Waals surface area contributed by atoms with E-state index in [4.69, 9.17) is 0 Å². The highest BCUT2D eigenvalue weighted by atomic mass is 32.2. The lowest BCUT2D eigenvalue weighted by Gasteiger charge is -2.13. The van der Waals surface area contributed by atoms with Crippen molar-refractivity contribution in [2.75, 3.05) is 4.72 Å². The zero-order valence-corrected chi connectivity index (χ0v) is 16.8. The summed E-state index contributed by atoms with van der Waals surface area (Å²) in [6.45, 7) is 1.87. The van der Waals surface area contributed by atoms with Crippen LogP contribution in [0.25, 0.3) is 0 Å². The fourth-order valence-electron chi connectivity index (χ4n) is 2.49. The third kappa shape index (κ3) is 4.74. The molecule has 0 fully saturated rings. The maximum atomic E-state index is 12.7. The van der Waals surface area contributed by atoms with Crippen LogP contribution in [0.15, 0.2) is 81.4 Å². The van der Waals surface area contributed by atoms with Gasteiger partial charge >= 0.3 is 0 Å². The molecule has 0 atom stereocenters. The highest BCUT2D eigenvalue weighted by Crippen LogP contribution is 2.37. The lowest BCUT2D eigenvalue weighted by molar-refractivity contribution is -0.384. The first-order valence-corrected chi connectivity index (χ1v) is 10.6. The van der Waals surface area contributed by atoms with E-state index in [1.165, 1.54) is 30.3 Å². The highest BCUT2D eigenvalue weighted by Gasteiger charge is 2.18. The minimum Gasteiger partial charge on any atom is -0.278 e. The van der Waals surface area contributed by atoms with Crippen molar-refractivity contribution in [2.24, 2.45) is 0 Å². The van der Waals surface area contributed by atoms with Gasteiger partial charge in [0.25, 0.3) is 15.7 Å². The number of nitrogens with one attached hydrogen (secondary N) is 1. The number of nitro groups is 1. The van der Waals surface area contributed by atoms with Crippen LogP contribution >= 0.6 is 11.8 Å². The molecule has 0 saturated carbocycles. The molecule has 0 aliphatic rings. The molecular formula is C20H15N3O4S2. The topological polar surface area (TPSA) is 113 Å². The molecule has 0 bridgehead atoms. The number of hydrogen-bond acceptors (Lipinski definition) is 6. The Labute approximate surface area is 172 Å². The number of hydrogen-bond donors (Lipinski definition) is 1. The van der Waals surface area contributed by atoms with Gasteiger partial charge < -0.3 is 0 Å². The Hall–Kier alpha value is -3.35. The number of anilines is 1. The Kier molecular flexibility index (Phi) is 5.87. The molecule has 0 amide bonds. The van der Waals surface area contributed by atoms with E-state index in [1.807, 2.05) is 13.0 Å². The molecule has 0 aromatic heterocycles. The minimum absolute atomic E-state index is 0.135. The van der Waals surface area contributed by atoms with Crippen LogP contribution in [0.1, 0.15) is 11.1 Å². The number of rotatable bonds is 6. The predicted octanol–water partition coefficient (Wildman–Crippen LogP) is 4.73. The van der Waals surface area contributed by atoms with Crippen LogP contribution in [0.3, 0.4) is 0 Å². The third-order valence-electron chi connectivity index (χ3n) is 3.98. The highest BCUT2D eigenvalue weighted by molar-refractivity contribution is 7.99. The summed E-state index contributed by atoms with van der Waals surface area (Å²) in [5, 5.41) is 20.2. The van der Waals surface area contributed by atoms with Crippen molar-refractivity contribution in [1.29, 1.82) is 5.26 Å². The smallest absolute Gasteiger partial charge is 0.270 e. The van der Waals surface area contributed by atoms with Gasteiger partial charge in [-0.05, 0) is 37.3 Å². The van der Waals surface area contributed by atoms with Crippen molar-refractivity contribution in [3.63, 3.8) is 0 Å². The Balaban J connectivity index is 1.93. The summed E-state index contributed by atoms with van der Waals surface area (Å²) in [4.78, 5) is 11.5. The lowest BCUT2D eigenvalue weighted by atomic mass is 10.2. The SMILES string of the molecule is Cc1ccc(S(=O)(=O)Nc2ccccc2Sc2ccc([N+](=O)[O-])cc2C#N)cc1. The predicted molar refractivity (Wildman–Crippen MR) is 110 cm³/mol. The van der Waals surface area contributed by atoms with Crippen LogP contribution in [0.4, 0.5) is 11.4 Å². The van der Waals surface area contributed by atoms with Crippen molar-refractivity contribution >= 4 is 33.2 Å². The van der Waals surface area contributed by atoms with E-state index in [0.29, 0.717) is 15.5 Å². The number of benzene rings is 3. The number of nitriles is 1. The molecule has 3 aromatic carbocycles. The van der Waals surface area contributed by atoms with Gasteiger partial charge in [0, 0.05) is 21.9 Å². The minimum atomic E-state index is -3.80. The van der Waals surface area contributed by atoms with Crippen LogP contribution in [-0.2, 0) is 10.0 Å². The van der Waals surface area contributed by atoms with E-state index in [2.05, 4.69) is 4.72 Å². The van der Waals surface area contributed by atoms with Gasteiger partial charge in [0.05, 0.1) is 21.1 Å². The summed E-state index contributed by atoms with van der Waals surface area (Å²) in [6, 6.07) is 19.2. The summed E-state index contributed by atoms with van der Waals surface area (Å²) in [5.74, 6) is 0. The monoisotopic (exact) mass is 425 g/mol. The van der Waals surface area contributed by atoms with Crippen molar-refractivity contribution in [3.05, 3.63) is 88.0 Å². The number of non-ortho nitro benzene ring substituents is 1. The Morgan fingerprint density at radius 1 is 1.03 bits per heavy atom. The average molecular weight is 425 g/mol. The van der Waals surface area contributed by atoms with E-state index in [1.54, 1.807) is 36.4 Å². The molecule has 0 aliphatic heterocycles. The van der Waals surface area contributed by atoms with Gasteiger partial charge in [-0.1, -0.05) is 41.6 Å². The summed E-state index contributed by atoms with van der Waals surface area (Å²) < 4.78 is 28.0. The second-order valence-electron chi connectivity index (χ2n) is 6.07. The van der Waals surface area contributed by atoms with Crippen LogP contribution in [0.5, 0.6) is 0 Å². The third-order valence-corrected chi connectivity index (χ3v) is 6.51. The molecule has 0 radical (unpaired) electrons. The van der Waals surface area contributed by atoms with E-state index in [9.17, 15) is 23.8 Å². The quantitative estimate of drug-likeness (QED) is 0.451. The summed E-state index contributed by atoms with van der Waals surface area (Å²) in [6.07, 6.45) is 0. The molecule has 7 nitrogen and oxygen atoms in total. The number of nitro benzene ring substituents is 1. The molecule has 0 saturated heterocycles. The van der Waals surface area contributed by atoms with Crippen LogP contribution in [0.2, 0.25) is 0 Å². The molecule has 29 heavy (non-hydrogen) atoms. The Bertz CT molecular complexity index is 1220. The van der Waals surface area contributed by atoms with Crippen LogP contribution < -0.4 is 4.72 Å². The maximum Gasteiger partial charge on any atom is 0.270 e. The van der Waals surface area contributed by atoms with E-state index in [-0.39, 0.29) is 16.1 Å². The Morgan fingerprint density at radius 2 is 1.72 bits per heavy atom. The molecule has 3 aromatic rings. The molecular weight excluding hydrogens is 410 g/mol. The van der Waals surface area contributed by atoms with E-state index < -0.39 is 14.9 Å². The summed E-state index contributed by atoms with van der Waals surface area (Å²) >= 11 is 1.15. The number of para-hydroxylation sites is 1. The van der Waals surface area contributed by atoms with Crippen molar-refractivity contribution in [3.8, 4) is 6.07 Å². The Morgan fingerprint density at radius 3 is 2.38 bits per heavy atom.